The van der Waals surface area contributed by atoms with Crippen LogP contribution < -0.4 is 0 Å². The third kappa shape index (κ3) is 4.58. The van der Waals surface area contributed by atoms with Crippen LogP contribution in [0.5, 0.6) is 0 Å². The van der Waals surface area contributed by atoms with E-state index in [0.29, 0.717) is 11.5 Å². The number of hydrogen-bond donors (Lipinski definition) is 2. The van der Waals surface area contributed by atoms with Crippen molar-refractivity contribution in [3.05, 3.63) is 71.8 Å². The summed E-state index contributed by atoms with van der Waals surface area (Å²) in [5.41, 5.74) is 3.38. The van der Waals surface area contributed by atoms with E-state index in [1.807, 2.05) is 52.0 Å². The molecule has 0 aliphatic heterocycles. The van der Waals surface area contributed by atoms with Crippen molar-refractivity contribution in [2.24, 2.45) is 0 Å². The van der Waals surface area contributed by atoms with E-state index in [1.165, 1.54) is 0 Å². The molecule has 0 saturated carbocycles. The molecule has 0 atom stereocenters. The summed E-state index contributed by atoms with van der Waals surface area (Å²) < 4.78 is 4.03. The average Bonchev–Trinajstić information content (AvgIpc) is 3.47. The zero-order valence-electron chi connectivity index (χ0n) is 18.9. The van der Waals surface area contributed by atoms with Crippen LogP contribution in [0.25, 0.3) is 11.6 Å². The summed E-state index contributed by atoms with van der Waals surface area (Å²) in [5, 5.41) is 2.09. The van der Waals surface area contributed by atoms with E-state index >= 15 is 0 Å². The highest BCUT2D eigenvalue weighted by Crippen LogP contribution is 2.32. The second-order valence-corrected chi connectivity index (χ2v) is 10.1. The third-order valence-corrected chi connectivity index (χ3v) is 7.77. The van der Waals surface area contributed by atoms with Crippen LogP contribution in [-0.4, -0.2) is 41.6 Å². The van der Waals surface area contributed by atoms with Crippen molar-refractivity contribution in [3.8, 4) is 11.6 Å². The molecule has 0 aliphatic rings. The fraction of sp³-hybridized carbons (Fsp3) is 0.304. The summed E-state index contributed by atoms with van der Waals surface area (Å²) in [6, 6.07) is 12.2. The highest BCUT2D eigenvalue weighted by molar-refractivity contribution is 8.01. The van der Waals surface area contributed by atoms with E-state index in [4.69, 9.17) is 9.97 Å². The average molecular weight is 515 g/mol. The summed E-state index contributed by atoms with van der Waals surface area (Å²) in [6.07, 6.45) is 7.73. The van der Waals surface area contributed by atoms with Crippen LogP contribution in [0.15, 0.2) is 59.1 Å². The fourth-order valence-corrected chi connectivity index (χ4v) is 5.75. The smallest absolute Gasteiger partial charge is 0.139 e. The first kappa shape index (κ1) is 24.3. The summed E-state index contributed by atoms with van der Waals surface area (Å²) >= 11 is 12.2. The second-order valence-electron chi connectivity index (χ2n) is 7.84. The van der Waals surface area contributed by atoms with Crippen LogP contribution in [0.1, 0.15) is 36.6 Å². The van der Waals surface area contributed by atoms with Gasteiger partial charge in [-0.2, -0.15) is 25.3 Å². The molecule has 4 aromatic rings. The predicted molar refractivity (Wildman–Crippen MR) is 144 cm³/mol. The van der Waals surface area contributed by atoms with E-state index in [1.54, 1.807) is 29.9 Å². The maximum Gasteiger partial charge on any atom is 0.139 e. The quantitative estimate of drug-likeness (QED) is 0.240. The number of rotatable bonds is 8. The second kappa shape index (κ2) is 10.2. The third-order valence-electron chi connectivity index (χ3n) is 5.57. The van der Waals surface area contributed by atoms with Gasteiger partial charge in [0, 0.05) is 16.9 Å². The first-order valence-corrected chi connectivity index (χ1v) is 14.0. The number of imidazole rings is 2. The molecule has 0 bridgehead atoms. The Morgan fingerprint density at radius 1 is 0.818 bits per heavy atom. The normalized spacial score (nSPS) is 11.8. The Labute approximate surface area is 213 Å². The molecule has 0 unspecified atom stereocenters. The van der Waals surface area contributed by atoms with Crippen molar-refractivity contribution in [2.75, 3.05) is 12.5 Å². The predicted octanol–water partition coefficient (Wildman–Crippen LogP) is 5.48. The van der Waals surface area contributed by atoms with Crippen molar-refractivity contribution >= 4 is 48.8 Å². The van der Waals surface area contributed by atoms with Gasteiger partial charge < -0.3 is 0 Å². The molecular formula is C23H26N6S4. The number of thiol groups is 2. The molecule has 6 nitrogen and oxygen atoms in total. The minimum Gasteiger partial charge on any atom is -0.286 e. The lowest BCUT2D eigenvalue weighted by Crippen LogP contribution is -2.23. The topological polar surface area (TPSA) is 61.4 Å². The molecular weight excluding hydrogens is 489 g/mol. The summed E-state index contributed by atoms with van der Waals surface area (Å²) in [5.74, 6) is 2.79. The van der Waals surface area contributed by atoms with Crippen LogP contribution in [0.2, 0.25) is 0 Å². The minimum atomic E-state index is -0.414. The Bertz CT molecular complexity index is 1170. The van der Waals surface area contributed by atoms with Gasteiger partial charge in [0.15, 0.2) is 0 Å². The van der Waals surface area contributed by atoms with E-state index in [-0.39, 0.29) is 0 Å². The molecule has 0 radical (unpaired) electrons. The van der Waals surface area contributed by atoms with E-state index in [9.17, 15) is 0 Å². The van der Waals surface area contributed by atoms with Gasteiger partial charge in [-0.25, -0.2) is 19.9 Å². The Morgan fingerprint density at radius 3 is 1.97 bits per heavy atom. The Kier molecular flexibility index (Phi) is 7.47. The Balaban J connectivity index is 1.74. The molecule has 10 heteroatoms. The molecule has 4 rings (SSSR count). The highest BCUT2D eigenvalue weighted by atomic mass is 32.2. The van der Waals surface area contributed by atoms with Crippen LogP contribution in [0.4, 0.5) is 0 Å². The summed E-state index contributed by atoms with van der Waals surface area (Å²) in [6.45, 7) is 4.29. The van der Waals surface area contributed by atoms with Crippen LogP contribution in [0, 0.1) is 0 Å². The van der Waals surface area contributed by atoms with Gasteiger partial charge in [-0.05, 0) is 50.6 Å². The Morgan fingerprint density at radius 2 is 1.42 bits per heavy atom. The van der Waals surface area contributed by atoms with E-state index in [2.05, 4.69) is 61.4 Å². The van der Waals surface area contributed by atoms with Gasteiger partial charge in [-0.15, -0.1) is 23.5 Å². The van der Waals surface area contributed by atoms with Crippen LogP contribution >= 0.6 is 48.8 Å². The lowest BCUT2D eigenvalue weighted by atomic mass is 9.84. The van der Waals surface area contributed by atoms with Crippen molar-refractivity contribution in [2.45, 2.75) is 40.8 Å². The van der Waals surface area contributed by atoms with E-state index < -0.39 is 5.41 Å². The fourth-order valence-electron chi connectivity index (χ4n) is 3.66. The molecule has 0 N–H and O–H groups in total. The molecule has 4 aromatic heterocycles. The van der Waals surface area contributed by atoms with Gasteiger partial charge in [-0.1, -0.05) is 12.1 Å². The van der Waals surface area contributed by atoms with Gasteiger partial charge in [0.2, 0.25) is 0 Å². The maximum atomic E-state index is 5.02. The lowest BCUT2D eigenvalue weighted by Gasteiger charge is -2.25. The van der Waals surface area contributed by atoms with Crippen molar-refractivity contribution in [1.82, 2.24) is 29.1 Å². The molecule has 0 amide bonds. The van der Waals surface area contributed by atoms with Gasteiger partial charge in [0.05, 0.1) is 22.8 Å². The van der Waals surface area contributed by atoms with Gasteiger partial charge in [0.25, 0.3) is 0 Å². The number of hydrogen-bond acceptors (Lipinski definition) is 8. The molecule has 0 aliphatic carbocycles. The molecule has 4 heterocycles. The molecule has 172 valence electrons. The first-order chi connectivity index (χ1) is 15.9. The van der Waals surface area contributed by atoms with Crippen molar-refractivity contribution in [1.29, 1.82) is 0 Å². The lowest BCUT2D eigenvalue weighted by molar-refractivity contribution is 0.590. The SMILES string of the molecule is CSc1ncn(-c2cccc(C(C)(C)c3cccc(-n4cnc(CS)c4CS)n3)n2)c1SC. The molecule has 0 saturated heterocycles. The van der Waals surface area contributed by atoms with E-state index in [0.717, 1.165) is 44.5 Å². The zero-order valence-corrected chi connectivity index (χ0v) is 22.3. The first-order valence-electron chi connectivity index (χ1n) is 10.3. The molecule has 33 heavy (non-hydrogen) atoms. The number of aromatic nitrogens is 6. The summed E-state index contributed by atoms with van der Waals surface area (Å²) in [7, 11) is 0. The monoisotopic (exact) mass is 514 g/mol. The standard InChI is InChI=1S/C23H26N6S4/c1-23(2,17-7-5-9-19(26-17)28-13-24-15(11-30)16(28)12-31)18-8-6-10-20(27-18)29-14-25-21(32-3)22(29)33-4/h5-10,13-14,30-31H,11-12H2,1-4H3. The van der Waals surface area contributed by atoms with Crippen LogP contribution in [0.3, 0.4) is 0 Å². The Hall–Kier alpha value is -1.88. The molecule has 0 fully saturated rings. The highest BCUT2D eigenvalue weighted by Gasteiger charge is 2.28. The van der Waals surface area contributed by atoms with Gasteiger partial charge >= 0.3 is 0 Å². The number of pyridine rings is 2. The molecule has 0 aromatic carbocycles. The van der Waals surface area contributed by atoms with Crippen molar-refractivity contribution < 1.29 is 0 Å². The maximum absolute atomic E-state index is 5.02. The van der Waals surface area contributed by atoms with Gasteiger partial charge in [0.1, 0.15) is 34.3 Å². The van der Waals surface area contributed by atoms with Gasteiger partial charge in [-0.3, -0.25) is 9.13 Å². The van der Waals surface area contributed by atoms with Crippen molar-refractivity contribution in [3.63, 3.8) is 0 Å². The zero-order chi connectivity index (χ0) is 23.6. The summed E-state index contributed by atoms with van der Waals surface area (Å²) in [4.78, 5) is 19.0. The number of thioether (sulfide) groups is 2. The largest absolute Gasteiger partial charge is 0.286 e. The number of nitrogens with zero attached hydrogens (tertiary/aromatic N) is 6. The van der Waals surface area contributed by atoms with Crippen LogP contribution in [-0.2, 0) is 16.9 Å². The molecule has 0 spiro atoms. The minimum absolute atomic E-state index is 0.414.